The summed E-state index contributed by atoms with van der Waals surface area (Å²) in [6.07, 6.45) is 0.699. The number of piperidine rings is 1. The molecule has 1 aliphatic rings. The number of rotatable bonds is 6. The van der Waals surface area contributed by atoms with Gasteiger partial charge in [-0.05, 0) is 25.8 Å². The van der Waals surface area contributed by atoms with E-state index in [0.717, 1.165) is 25.9 Å². The van der Waals surface area contributed by atoms with Gasteiger partial charge in [-0.25, -0.2) is 4.39 Å². The lowest BCUT2D eigenvalue weighted by Crippen LogP contribution is -2.50. The van der Waals surface area contributed by atoms with Gasteiger partial charge in [0.1, 0.15) is 11.9 Å². The van der Waals surface area contributed by atoms with Crippen LogP contribution in [0.1, 0.15) is 45.3 Å². The quantitative estimate of drug-likeness (QED) is 0.315. The van der Waals surface area contributed by atoms with Crippen molar-refractivity contribution in [3.05, 3.63) is 35.6 Å². The molecule has 2 rings (SSSR count). The molecule has 0 radical (unpaired) electrons. The summed E-state index contributed by atoms with van der Waals surface area (Å²) in [5, 5.41) is 16.7. The molecule has 0 aliphatic carbocycles. The molecule has 1 saturated heterocycles. The highest BCUT2D eigenvalue weighted by atomic mass is 127. The van der Waals surface area contributed by atoms with Gasteiger partial charge in [0, 0.05) is 37.2 Å². The van der Waals surface area contributed by atoms with E-state index < -0.39 is 11.9 Å². The molecule has 1 unspecified atom stereocenters. The number of halogens is 2. The normalized spacial score (nSPS) is 16.5. The number of benzene rings is 1. The Balaban J connectivity index is 0.00000392. The SMILES string of the molecule is CCNC(=NCC(O)c1ccccc1F)NC1CCN(C(=O)C(C)C)CC1.I. The summed E-state index contributed by atoms with van der Waals surface area (Å²) in [4.78, 5) is 18.4. The van der Waals surface area contributed by atoms with Crippen LogP contribution in [0.3, 0.4) is 0 Å². The van der Waals surface area contributed by atoms with Crippen LogP contribution in [0.25, 0.3) is 0 Å². The Bertz CT molecular complexity index is 649. The molecule has 1 fully saturated rings. The number of nitrogens with zero attached hydrogens (tertiary/aromatic N) is 2. The van der Waals surface area contributed by atoms with Gasteiger partial charge in [-0.3, -0.25) is 9.79 Å². The highest BCUT2D eigenvalue weighted by Crippen LogP contribution is 2.17. The molecule has 3 N–H and O–H groups in total. The maximum absolute atomic E-state index is 13.8. The zero-order valence-corrected chi connectivity index (χ0v) is 19.2. The lowest BCUT2D eigenvalue weighted by atomic mass is 10.0. The van der Waals surface area contributed by atoms with Crippen LogP contribution in [0.4, 0.5) is 4.39 Å². The first-order valence-electron chi connectivity index (χ1n) is 9.68. The van der Waals surface area contributed by atoms with Crippen LogP contribution < -0.4 is 10.6 Å². The van der Waals surface area contributed by atoms with E-state index in [4.69, 9.17) is 0 Å². The lowest BCUT2D eigenvalue weighted by Gasteiger charge is -2.34. The second kappa shape index (κ2) is 12.2. The van der Waals surface area contributed by atoms with Crippen LogP contribution in [0.2, 0.25) is 0 Å². The Morgan fingerprint density at radius 2 is 1.96 bits per heavy atom. The minimum atomic E-state index is -0.993. The van der Waals surface area contributed by atoms with E-state index >= 15 is 0 Å². The smallest absolute Gasteiger partial charge is 0.225 e. The molecule has 0 aromatic heterocycles. The molecule has 8 heteroatoms. The molecular weight excluding hydrogens is 474 g/mol. The van der Waals surface area contributed by atoms with Crippen molar-refractivity contribution in [2.45, 2.75) is 45.8 Å². The maximum Gasteiger partial charge on any atom is 0.225 e. The first kappa shape index (κ1) is 24.6. The molecule has 158 valence electrons. The van der Waals surface area contributed by atoms with E-state index in [9.17, 15) is 14.3 Å². The Hall–Kier alpha value is -1.42. The van der Waals surface area contributed by atoms with Crippen molar-refractivity contribution in [3.63, 3.8) is 0 Å². The second-order valence-electron chi connectivity index (χ2n) is 7.16. The van der Waals surface area contributed by atoms with Crippen molar-refractivity contribution in [1.29, 1.82) is 0 Å². The van der Waals surface area contributed by atoms with Crippen LogP contribution >= 0.6 is 24.0 Å². The summed E-state index contributed by atoms with van der Waals surface area (Å²) in [6, 6.07) is 6.40. The summed E-state index contributed by atoms with van der Waals surface area (Å²) in [5.74, 6) is 0.386. The van der Waals surface area contributed by atoms with E-state index in [1.807, 2.05) is 25.7 Å². The first-order chi connectivity index (χ1) is 12.9. The molecule has 6 nitrogen and oxygen atoms in total. The standard InChI is InChI=1S/C20H31FN4O2.HI/c1-4-22-20(23-13-18(26)16-7-5-6-8-17(16)21)24-15-9-11-25(12-10-15)19(27)14(2)3;/h5-8,14-15,18,26H,4,9-13H2,1-3H3,(H2,22,23,24);1H. The largest absolute Gasteiger partial charge is 0.386 e. The minimum absolute atomic E-state index is 0. The third kappa shape index (κ3) is 7.20. The average molecular weight is 506 g/mol. The highest BCUT2D eigenvalue weighted by Gasteiger charge is 2.24. The third-order valence-electron chi connectivity index (χ3n) is 4.67. The Morgan fingerprint density at radius 1 is 1.32 bits per heavy atom. The predicted molar refractivity (Wildman–Crippen MR) is 120 cm³/mol. The first-order valence-corrected chi connectivity index (χ1v) is 9.68. The van der Waals surface area contributed by atoms with Gasteiger partial charge in [0.2, 0.25) is 5.91 Å². The van der Waals surface area contributed by atoms with Crippen molar-refractivity contribution in [2.24, 2.45) is 10.9 Å². The molecule has 1 aromatic rings. The Labute approximate surface area is 184 Å². The fraction of sp³-hybridized carbons (Fsp3) is 0.600. The maximum atomic E-state index is 13.8. The molecule has 0 bridgehead atoms. The third-order valence-corrected chi connectivity index (χ3v) is 4.67. The summed E-state index contributed by atoms with van der Waals surface area (Å²) >= 11 is 0. The Morgan fingerprint density at radius 3 is 2.54 bits per heavy atom. The number of guanidine groups is 1. The number of hydrogen-bond acceptors (Lipinski definition) is 3. The number of aliphatic hydroxyl groups excluding tert-OH is 1. The number of aliphatic imine (C=N–C) groups is 1. The molecule has 28 heavy (non-hydrogen) atoms. The number of amides is 1. The van der Waals surface area contributed by atoms with Crippen LogP contribution in [0.15, 0.2) is 29.3 Å². The molecule has 0 spiro atoms. The molecular formula is C20H32FIN4O2. The van der Waals surface area contributed by atoms with E-state index in [1.165, 1.54) is 6.07 Å². The number of aliphatic hydroxyl groups is 1. The number of likely N-dealkylation sites (tertiary alicyclic amines) is 1. The van der Waals surface area contributed by atoms with Crippen molar-refractivity contribution in [2.75, 3.05) is 26.2 Å². The van der Waals surface area contributed by atoms with Gasteiger partial charge in [0.05, 0.1) is 6.54 Å². The lowest BCUT2D eigenvalue weighted by molar-refractivity contribution is -0.135. The minimum Gasteiger partial charge on any atom is -0.386 e. The molecule has 1 aliphatic heterocycles. The van der Waals surface area contributed by atoms with Crippen LogP contribution in [-0.2, 0) is 4.79 Å². The van der Waals surface area contributed by atoms with E-state index in [2.05, 4.69) is 15.6 Å². The summed E-state index contributed by atoms with van der Waals surface area (Å²) in [6.45, 7) is 8.02. The van der Waals surface area contributed by atoms with Crippen molar-refractivity contribution < 1.29 is 14.3 Å². The van der Waals surface area contributed by atoms with Crippen LogP contribution in [0, 0.1) is 11.7 Å². The van der Waals surface area contributed by atoms with Gasteiger partial charge in [-0.15, -0.1) is 24.0 Å². The fourth-order valence-corrected chi connectivity index (χ4v) is 3.14. The Kier molecular flexibility index (Phi) is 10.7. The molecule has 1 heterocycles. The van der Waals surface area contributed by atoms with E-state index in [-0.39, 0.29) is 54.0 Å². The molecule has 1 amide bonds. The van der Waals surface area contributed by atoms with Gasteiger partial charge in [0.25, 0.3) is 0 Å². The summed E-state index contributed by atoms with van der Waals surface area (Å²) < 4.78 is 13.8. The van der Waals surface area contributed by atoms with Gasteiger partial charge in [0.15, 0.2) is 5.96 Å². The number of carbonyl (C=O) groups is 1. The topological polar surface area (TPSA) is 77.0 Å². The van der Waals surface area contributed by atoms with Gasteiger partial charge >= 0.3 is 0 Å². The van der Waals surface area contributed by atoms with Crippen LogP contribution in [-0.4, -0.2) is 54.1 Å². The zero-order chi connectivity index (χ0) is 19.8. The summed E-state index contributed by atoms with van der Waals surface area (Å²) in [5.41, 5.74) is 0.248. The fourth-order valence-electron chi connectivity index (χ4n) is 3.14. The zero-order valence-electron chi connectivity index (χ0n) is 16.8. The number of nitrogens with one attached hydrogen (secondary N) is 2. The van der Waals surface area contributed by atoms with Crippen molar-refractivity contribution in [1.82, 2.24) is 15.5 Å². The van der Waals surface area contributed by atoms with Crippen LogP contribution in [0.5, 0.6) is 0 Å². The van der Waals surface area contributed by atoms with E-state index in [1.54, 1.807) is 18.2 Å². The highest BCUT2D eigenvalue weighted by molar-refractivity contribution is 14.0. The van der Waals surface area contributed by atoms with Gasteiger partial charge in [-0.2, -0.15) is 0 Å². The number of carbonyl (C=O) groups excluding carboxylic acids is 1. The molecule has 0 saturated carbocycles. The predicted octanol–water partition coefficient (Wildman–Crippen LogP) is 2.68. The summed E-state index contributed by atoms with van der Waals surface area (Å²) in [7, 11) is 0. The van der Waals surface area contributed by atoms with Gasteiger partial charge in [-0.1, -0.05) is 32.0 Å². The van der Waals surface area contributed by atoms with Crippen molar-refractivity contribution >= 4 is 35.8 Å². The average Bonchev–Trinajstić information content (AvgIpc) is 2.66. The van der Waals surface area contributed by atoms with E-state index in [0.29, 0.717) is 12.5 Å². The van der Waals surface area contributed by atoms with Crippen molar-refractivity contribution in [3.8, 4) is 0 Å². The van der Waals surface area contributed by atoms with Gasteiger partial charge < -0.3 is 20.6 Å². The molecule has 1 atom stereocenters. The monoisotopic (exact) mass is 506 g/mol. The molecule has 1 aromatic carbocycles. The second-order valence-corrected chi connectivity index (χ2v) is 7.16. The number of hydrogen-bond donors (Lipinski definition) is 3.